The third kappa shape index (κ3) is 3.38. The second-order valence-corrected chi connectivity index (χ2v) is 2.91. The number of ketones is 1. The largest absolute Gasteiger partial charge is 0.481 e. The Morgan fingerprint density at radius 3 is 2.60 bits per heavy atom. The molecule has 0 amide bonds. The van der Waals surface area contributed by atoms with Gasteiger partial charge in [-0.25, -0.2) is 4.98 Å². The van der Waals surface area contributed by atoms with Crippen LogP contribution in [0.4, 0.5) is 0 Å². The third-order valence-corrected chi connectivity index (χ3v) is 1.83. The maximum absolute atomic E-state index is 11.4. The first-order valence-corrected chi connectivity index (χ1v) is 4.38. The van der Waals surface area contributed by atoms with Crippen molar-refractivity contribution in [3.8, 4) is 5.88 Å². The Hall–Kier alpha value is -1.91. The van der Waals surface area contributed by atoms with Crippen LogP contribution in [0, 0.1) is 0 Å². The highest BCUT2D eigenvalue weighted by Crippen LogP contribution is 2.09. The van der Waals surface area contributed by atoms with Gasteiger partial charge < -0.3 is 9.84 Å². The normalized spacial score (nSPS) is 9.67. The summed E-state index contributed by atoms with van der Waals surface area (Å²) in [5.74, 6) is -0.790. The van der Waals surface area contributed by atoms with Gasteiger partial charge in [-0.15, -0.1) is 0 Å². The van der Waals surface area contributed by atoms with E-state index in [9.17, 15) is 9.59 Å². The molecule has 0 bridgehead atoms. The van der Waals surface area contributed by atoms with Gasteiger partial charge in [0.15, 0.2) is 5.78 Å². The lowest BCUT2D eigenvalue weighted by Crippen LogP contribution is -2.04. The third-order valence-electron chi connectivity index (χ3n) is 1.83. The summed E-state index contributed by atoms with van der Waals surface area (Å²) in [4.78, 5) is 25.5. The molecule has 0 fully saturated rings. The van der Waals surface area contributed by atoms with Crippen molar-refractivity contribution in [1.29, 1.82) is 0 Å². The summed E-state index contributed by atoms with van der Waals surface area (Å²) in [5, 5.41) is 8.40. The van der Waals surface area contributed by atoms with Gasteiger partial charge >= 0.3 is 5.97 Å². The van der Waals surface area contributed by atoms with E-state index in [2.05, 4.69) is 4.98 Å². The number of aliphatic carboxylic acids is 1. The number of carboxylic acid groups (broad SMARTS) is 1. The molecule has 0 unspecified atom stereocenters. The van der Waals surface area contributed by atoms with E-state index in [1.807, 2.05) is 0 Å². The van der Waals surface area contributed by atoms with Gasteiger partial charge in [0.05, 0.1) is 13.5 Å². The van der Waals surface area contributed by atoms with E-state index >= 15 is 0 Å². The molecule has 1 aromatic heterocycles. The van der Waals surface area contributed by atoms with E-state index in [-0.39, 0.29) is 18.6 Å². The van der Waals surface area contributed by atoms with Crippen LogP contribution in [0.2, 0.25) is 0 Å². The van der Waals surface area contributed by atoms with Crippen molar-refractivity contribution in [2.75, 3.05) is 7.11 Å². The molecule has 0 saturated heterocycles. The lowest BCUT2D eigenvalue weighted by Gasteiger charge is -2.00. The predicted molar refractivity (Wildman–Crippen MR) is 52.0 cm³/mol. The van der Waals surface area contributed by atoms with E-state index in [4.69, 9.17) is 9.84 Å². The Balaban J connectivity index is 2.62. The van der Waals surface area contributed by atoms with Crippen LogP contribution in [0.15, 0.2) is 18.3 Å². The highest BCUT2D eigenvalue weighted by Gasteiger charge is 2.08. The van der Waals surface area contributed by atoms with Gasteiger partial charge in [0.2, 0.25) is 5.88 Å². The second kappa shape index (κ2) is 5.09. The zero-order chi connectivity index (χ0) is 11.3. The summed E-state index contributed by atoms with van der Waals surface area (Å²) in [6.07, 6.45) is 1.21. The van der Waals surface area contributed by atoms with Crippen LogP contribution in [0.1, 0.15) is 23.2 Å². The van der Waals surface area contributed by atoms with Crippen LogP contribution in [-0.2, 0) is 4.79 Å². The van der Waals surface area contributed by atoms with Gasteiger partial charge in [0.1, 0.15) is 0 Å². The van der Waals surface area contributed by atoms with Gasteiger partial charge in [-0.3, -0.25) is 9.59 Å². The molecule has 0 spiro atoms. The number of carbonyl (C=O) groups is 2. The molecule has 5 heteroatoms. The van der Waals surface area contributed by atoms with Crippen molar-refractivity contribution in [1.82, 2.24) is 4.98 Å². The molecular formula is C10H11NO4. The summed E-state index contributed by atoms with van der Waals surface area (Å²) < 4.78 is 4.83. The molecule has 0 aliphatic heterocycles. The monoisotopic (exact) mass is 209 g/mol. The summed E-state index contributed by atoms with van der Waals surface area (Å²) >= 11 is 0. The van der Waals surface area contributed by atoms with Crippen LogP contribution in [0.25, 0.3) is 0 Å². The molecule has 1 N–H and O–H groups in total. The Labute approximate surface area is 86.7 Å². The Morgan fingerprint density at radius 2 is 2.13 bits per heavy atom. The molecule has 1 rings (SSSR count). The average molecular weight is 209 g/mol. The van der Waals surface area contributed by atoms with Crippen LogP contribution in [0.3, 0.4) is 0 Å². The molecule has 0 aliphatic carbocycles. The van der Waals surface area contributed by atoms with Crippen molar-refractivity contribution in [2.24, 2.45) is 0 Å². The fraction of sp³-hybridized carbons (Fsp3) is 0.300. The number of Topliss-reactive ketones (excluding diaryl/α,β-unsaturated/α-hetero) is 1. The first-order chi connectivity index (χ1) is 7.13. The maximum atomic E-state index is 11.4. The zero-order valence-corrected chi connectivity index (χ0v) is 8.27. The van der Waals surface area contributed by atoms with Crippen LogP contribution < -0.4 is 4.74 Å². The highest BCUT2D eigenvalue weighted by atomic mass is 16.5. The number of pyridine rings is 1. The van der Waals surface area contributed by atoms with Gasteiger partial charge in [-0.2, -0.15) is 0 Å². The van der Waals surface area contributed by atoms with Gasteiger partial charge in [0, 0.05) is 24.2 Å². The summed E-state index contributed by atoms with van der Waals surface area (Å²) in [5.41, 5.74) is 0.400. The second-order valence-electron chi connectivity index (χ2n) is 2.91. The van der Waals surface area contributed by atoms with Gasteiger partial charge in [-0.1, -0.05) is 0 Å². The molecule has 0 atom stereocenters. The molecule has 1 aromatic rings. The summed E-state index contributed by atoms with van der Waals surface area (Å²) in [6, 6.07) is 3.13. The van der Waals surface area contributed by atoms with E-state index < -0.39 is 5.97 Å². The van der Waals surface area contributed by atoms with E-state index in [1.54, 1.807) is 12.1 Å². The number of nitrogens with zero attached hydrogens (tertiary/aromatic N) is 1. The summed E-state index contributed by atoms with van der Waals surface area (Å²) in [7, 11) is 1.48. The van der Waals surface area contributed by atoms with Crippen molar-refractivity contribution in [3.05, 3.63) is 23.9 Å². The van der Waals surface area contributed by atoms with Crippen LogP contribution in [-0.4, -0.2) is 29.0 Å². The van der Waals surface area contributed by atoms with Gasteiger partial charge in [0.25, 0.3) is 0 Å². The van der Waals surface area contributed by atoms with Crippen molar-refractivity contribution >= 4 is 11.8 Å². The van der Waals surface area contributed by atoms with Gasteiger partial charge in [-0.05, 0) is 6.07 Å². The molecular weight excluding hydrogens is 198 g/mol. The standard InChI is InChI=1S/C10H11NO4/c1-15-9-4-2-7(6-11-9)8(12)3-5-10(13)14/h2,4,6H,3,5H2,1H3,(H,13,14). The maximum Gasteiger partial charge on any atom is 0.303 e. The number of hydrogen-bond donors (Lipinski definition) is 1. The topological polar surface area (TPSA) is 76.5 Å². The van der Waals surface area contributed by atoms with Crippen molar-refractivity contribution in [2.45, 2.75) is 12.8 Å². The zero-order valence-electron chi connectivity index (χ0n) is 8.27. The minimum Gasteiger partial charge on any atom is -0.481 e. The summed E-state index contributed by atoms with van der Waals surface area (Å²) in [6.45, 7) is 0. The number of carbonyl (C=O) groups excluding carboxylic acids is 1. The number of carboxylic acids is 1. The van der Waals surface area contributed by atoms with E-state index in [1.165, 1.54) is 13.3 Å². The smallest absolute Gasteiger partial charge is 0.303 e. The van der Waals surface area contributed by atoms with Crippen molar-refractivity contribution < 1.29 is 19.4 Å². The fourth-order valence-corrected chi connectivity index (χ4v) is 1.03. The molecule has 5 nitrogen and oxygen atoms in total. The Kier molecular flexibility index (Phi) is 3.79. The predicted octanol–water partition coefficient (Wildman–Crippen LogP) is 1.14. The Bertz CT molecular complexity index is 358. The van der Waals surface area contributed by atoms with Crippen LogP contribution in [0.5, 0.6) is 5.88 Å². The number of hydrogen-bond acceptors (Lipinski definition) is 4. The molecule has 0 aromatic carbocycles. The first kappa shape index (κ1) is 11.2. The lowest BCUT2D eigenvalue weighted by molar-refractivity contribution is -0.136. The average Bonchev–Trinajstić information content (AvgIpc) is 2.26. The molecule has 0 saturated carbocycles. The van der Waals surface area contributed by atoms with E-state index in [0.717, 1.165) is 0 Å². The number of rotatable bonds is 5. The molecule has 80 valence electrons. The number of methoxy groups -OCH3 is 1. The fourth-order valence-electron chi connectivity index (χ4n) is 1.03. The van der Waals surface area contributed by atoms with E-state index in [0.29, 0.717) is 11.4 Å². The molecule has 0 radical (unpaired) electrons. The number of ether oxygens (including phenoxy) is 1. The highest BCUT2D eigenvalue weighted by molar-refractivity contribution is 5.97. The first-order valence-electron chi connectivity index (χ1n) is 4.38. The lowest BCUT2D eigenvalue weighted by atomic mass is 10.1. The van der Waals surface area contributed by atoms with Crippen molar-refractivity contribution in [3.63, 3.8) is 0 Å². The number of aromatic nitrogens is 1. The molecule has 1 heterocycles. The minimum absolute atomic E-state index is 0.0106. The van der Waals surface area contributed by atoms with Crippen LogP contribution >= 0.6 is 0 Å². The molecule has 0 aliphatic rings. The molecule has 15 heavy (non-hydrogen) atoms. The SMILES string of the molecule is COc1ccc(C(=O)CCC(=O)O)cn1. The Morgan fingerprint density at radius 1 is 1.40 bits per heavy atom. The quantitative estimate of drug-likeness (QED) is 0.736. The minimum atomic E-state index is -0.982.